The van der Waals surface area contributed by atoms with E-state index < -0.39 is 20.9 Å². The Kier molecular flexibility index (Phi) is 5.20. The molecule has 0 spiro atoms. The predicted octanol–water partition coefficient (Wildman–Crippen LogP) is 2.51. The van der Waals surface area contributed by atoms with Crippen molar-refractivity contribution in [2.24, 2.45) is 0 Å². The van der Waals surface area contributed by atoms with Crippen LogP contribution >= 0.6 is 0 Å². The number of nitriles is 1. The van der Waals surface area contributed by atoms with E-state index in [-0.39, 0.29) is 5.32 Å². The molecular weight excluding hydrogens is 381 g/mol. The van der Waals surface area contributed by atoms with Crippen molar-refractivity contribution in [1.29, 1.82) is 5.26 Å². The maximum absolute atomic E-state index is 10.9. The molecule has 6 heteroatoms. The van der Waals surface area contributed by atoms with E-state index >= 15 is 0 Å². The molecular formula is C19H13N3O2Se. The van der Waals surface area contributed by atoms with Crippen molar-refractivity contribution in [3.63, 3.8) is 0 Å². The number of carboxylic acids is 1. The van der Waals surface area contributed by atoms with Crippen molar-refractivity contribution in [3.05, 3.63) is 66.2 Å². The van der Waals surface area contributed by atoms with Crippen LogP contribution in [0, 0.1) is 11.3 Å². The van der Waals surface area contributed by atoms with Crippen LogP contribution < -0.4 is 4.59 Å². The zero-order chi connectivity index (χ0) is 17.6. The molecule has 0 aliphatic carbocycles. The number of carboxylic acid groups (broad SMARTS) is 1. The van der Waals surface area contributed by atoms with Gasteiger partial charge in [0.25, 0.3) is 0 Å². The molecule has 0 saturated carbocycles. The standard InChI is InChI=1S/C19H13N3O2Se/c20-11-15-17(13-7-3-1-4-8-13)18(14-9-5-2-6-10-14)21-22-19(15)25-12-16(23)24/h1-10H,12H2,(H,23,24). The van der Waals surface area contributed by atoms with Gasteiger partial charge in [-0.3, -0.25) is 0 Å². The van der Waals surface area contributed by atoms with Gasteiger partial charge in [0.05, 0.1) is 0 Å². The van der Waals surface area contributed by atoms with Gasteiger partial charge in [0.2, 0.25) is 0 Å². The van der Waals surface area contributed by atoms with Gasteiger partial charge in [-0.25, -0.2) is 0 Å². The van der Waals surface area contributed by atoms with Crippen molar-refractivity contribution in [1.82, 2.24) is 10.2 Å². The summed E-state index contributed by atoms with van der Waals surface area (Å²) >= 11 is -0.456. The van der Waals surface area contributed by atoms with Gasteiger partial charge in [-0.15, -0.1) is 0 Å². The first kappa shape index (κ1) is 16.8. The fraction of sp³-hybridized carbons (Fsp3) is 0.0526. The molecule has 3 aromatic rings. The molecule has 0 aliphatic rings. The van der Waals surface area contributed by atoms with Crippen LogP contribution in [0.2, 0.25) is 5.32 Å². The Balaban J connectivity index is 2.23. The maximum atomic E-state index is 10.9. The topological polar surface area (TPSA) is 86.9 Å². The van der Waals surface area contributed by atoms with Gasteiger partial charge >= 0.3 is 151 Å². The third-order valence-corrected chi connectivity index (χ3v) is 5.49. The Hall–Kier alpha value is -3.00. The van der Waals surface area contributed by atoms with Gasteiger partial charge in [0.1, 0.15) is 0 Å². The zero-order valence-corrected chi connectivity index (χ0v) is 14.8. The van der Waals surface area contributed by atoms with Crippen LogP contribution in [0.4, 0.5) is 0 Å². The van der Waals surface area contributed by atoms with E-state index in [2.05, 4.69) is 16.3 Å². The van der Waals surface area contributed by atoms with E-state index in [1.807, 2.05) is 60.7 Å². The molecule has 25 heavy (non-hydrogen) atoms. The summed E-state index contributed by atoms with van der Waals surface area (Å²) in [4.78, 5) is 10.9. The molecule has 1 aromatic heterocycles. The number of carbonyl (C=O) groups is 1. The molecule has 0 aliphatic heterocycles. The second-order valence-electron chi connectivity index (χ2n) is 5.13. The van der Waals surface area contributed by atoms with Gasteiger partial charge in [0.15, 0.2) is 0 Å². The number of hydrogen-bond donors (Lipinski definition) is 1. The molecule has 1 heterocycles. The minimum absolute atomic E-state index is 0.0325. The van der Waals surface area contributed by atoms with Crippen molar-refractivity contribution < 1.29 is 9.90 Å². The summed E-state index contributed by atoms with van der Waals surface area (Å²) in [6.45, 7) is 0. The summed E-state index contributed by atoms with van der Waals surface area (Å²) in [6.07, 6.45) is 0. The fourth-order valence-corrected chi connectivity index (χ4v) is 3.80. The average molecular weight is 394 g/mol. The quantitative estimate of drug-likeness (QED) is 0.672. The van der Waals surface area contributed by atoms with E-state index in [1.165, 1.54) is 0 Å². The summed E-state index contributed by atoms with van der Waals surface area (Å²) in [6, 6.07) is 21.3. The summed E-state index contributed by atoms with van der Waals surface area (Å²) in [5, 5.41) is 27.2. The SMILES string of the molecule is N#Cc1c([Se]CC(=O)O)nnc(-c2ccccc2)c1-c1ccccc1. The number of hydrogen-bond acceptors (Lipinski definition) is 4. The van der Waals surface area contributed by atoms with Crippen LogP contribution in [0.15, 0.2) is 60.7 Å². The molecule has 3 rings (SSSR count). The fourth-order valence-electron chi connectivity index (χ4n) is 2.44. The minimum atomic E-state index is -0.904. The Morgan fingerprint density at radius 3 is 2.16 bits per heavy atom. The zero-order valence-electron chi connectivity index (χ0n) is 13.1. The molecule has 0 unspecified atom stereocenters. The van der Waals surface area contributed by atoms with Crippen molar-refractivity contribution in [3.8, 4) is 28.5 Å². The van der Waals surface area contributed by atoms with E-state index in [9.17, 15) is 10.1 Å². The molecule has 1 N–H and O–H groups in total. The molecule has 5 nitrogen and oxygen atoms in total. The van der Waals surface area contributed by atoms with Crippen LogP contribution in [-0.4, -0.2) is 36.2 Å². The number of aromatic nitrogens is 2. The van der Waals surface area contributed by atoms with Crippen molar-refractivity contribution in [2.75, 3.05) is 0 Å². The molecule has 122 valence electrons. The molecule has 2 aromatic carbocycles. The second kappa shape index (κ2) is 7.71. The summed E-state index contributed by atoms with van der Waals surface area (Å²) in [7, 11) is 0. The Labute approximate surface area is 151 Å². The van der Waals surface area contributed by atoms with Crippen molar-refractivity contribution >= 4 is 25.5 Å². The Bertz CT molecular complexity index is 938. The van der Waals surface area contributed by atoms with Gasteiger partial charge in [-0.2, -0.15) is 0 Å². The predicted molar refractivity (Wildman–Crippen MR) is 95.4 cm³/mol. The Morgan fingerprint density at radius 2 is 1.60 bits per heavy atom. The van der Waals surface area contributed by atoms with Crippen LogP contribution in [0.3, 0.4) is 0 Å². The van der Waals surface area contributed by atoms with Crippen LogP contribution in [0.5, 0.6) is 0 Å². The molecule has 0 amide bonds. The third-order valence-electron chi connectivity index (χ3n) is 3.50. The number of aliphatic carboxylic acids is 1. The third kappa shape index (κ3) is 3.74. The van der Waals surface area contributed by atoms with E-state index in [0.717, 1.165) is 11.1 Å². The number of rotatable bonds is 5. The van der Waals surface area contributed by atoms with Crippen LogP contribution in [0.1, 0.15) is 5.56 Å². The van der Waals surface area contributed by atoms with Gasteiger partial charge in [-0.05, 0) is 0 Å². The van der Waals surface area contributed by atoms with E-state index in [4.69, 9.17) is 5.11 Å². The normalized spacial score (nSPS) is 10.2. The van der Waals surface area contributed by atoms with Gasteiger partial charge in [0, 0.05) is 0 Å². The number of benzene rings is 2. The Morgan fingerprint density at radius 1 is 1.00 bits per heavy atom. The van der Waals surface area contributed by atoms with Gasteiger partial charge < -0.3 is 0 Å². The summed E-state index contributed by atoms with van der Waals surface area (Å²) in [5.74, 6) is -0.904. The summed E-state index contributed by atoms with van der Waals surface area (Å²) < 4.78 is 0.468. The average Bonchev–Trinajstić information content (AvgIpc) is 2.66. The monoisotopic (exact) mass is 395 g/mol. The van der Waals surface area contributed by atoms with E-state index in [0.29, 0.717) is 21.4 Å². The van der Waals surface area contributed by atoms with E-state index in [1.54, 1.807) is 0 Å². The van der Waals surface area contributed by atoms with Crippen LogP contribution in [0.25, 0.3) is 22.4 Å². The molecule has 0 radical (unpaired) electrons. The molecule has 0 atom stereocenters. The molecule has 0 saturated heterocycles. The first-order valence-electron chi connectivity index (χ1n) is 7.47. The molecule has 0 fully saturated rings. The number of nitrogens with zero attached hydrogens (tertiary/aromatic N) is 3. The first-order valence-corrected chi connectivity index (χ1v) is 9.53. The van der Waals surface area contributed by atoms with Crippen molar-refractivity contribution in [2.45, 2.75) is 5.32 Å². The second-order valence-corrected chi connectivity index (χ2v) is 7.15. The van der Waals surface area contributed by atoms with Crippen LogP contribution in [-0.2, 0) is 4.79 Å². The first-order chi connectivity index (χ1) is 12.2. The molecule has 0 bridgehead atoms. The summed E-state index contributed by atoms with van der Waals surface area (Å²) in [5.41, 5.74) is 3.45. The van der Waals surface area contributed by atoms with Gasteiger partial charge in [-0.1, -0.05) is 0 Å².